The highest BCUT2D eigenvalue weighted by Crippen LogP contribution is 2.47. The molecule has 3 rings (SSSR count). The standard InChI is InChI=1S/C22H32O9/c1-3-7-15-19(28-13(2)23)21-20(30-22(31-21)10-5-4-6-11-22)18(29-15)14(12-17(26)27)8-9-16(24)25/h3,14-15,18-21H,1,4-12H2,2H3,(H,24,25)(H,26,27)/t14-,15+,18+,19+,20-,21+/m1/s1. The van der Waals surface area contributed by atoms with Gasteiger partial charge in [0.15, 0.2) is 11.9 Å². The molecule has 0 aromatic carbocycles. The zero-order valence-corrected chi connectivity index (χ0v) is 17.9. The molecule has 9 nitrogen and oxygen atoms in total. The minimum Gasteiger partial charge on any atom is -0.481 e. The number of carboxylic acid groups (broad SMARTS) is 2. The van der Waals surface area contributed by atoms with Crippen LogP contribution in [-0.4, -0.2) is 64.4 Å². The molecular weight excluding hydrogens is 408 g/mol. The van der Waals surface area contributed by atoms with Gasteiger partial charge in [-0.2, -0.15) is 0 Å². The third-order valence-electron chi connectivity index (χ3n) is 6.32. The van der Waals surface area contributed by atoms with Crippen LogP contribution < -0.4 is 0 Å². The monoisotopic (exact) mass is 440 g/mol. The number of ether oxygens (including phenoxy) is 4. The summed E-state index contributed by atoms with van der Waals surface area (Å²) in [7, 11) is 0. The fraction of sp³-hybridized carbons (Fsp3) is 0.773. The Hall–Kier alpha value is -1.97. The molecule has 1 saturated carbocycles. The van der Waals surface area contributed by atoms with E-state index in [-0.39, 0.29) is 19.3 Å². The minimum absolute atomic E-state index is 0.130. The molecule has 0 aromatic rings. The molecule has 2 saturated heterocycles. The summed E-state index contributed by atoms with van der Waals surface area (Å²) in [4.78, 5) is 34.5. The van der Waals surface area contributed by atoms with Gasteiger partial charge in [-0.3, -0.25) is 14.4 Å². The van der Waals surface area contributed by atoms with Crippen LogP contribution in [0.15, 0.2) is 12.7 Å². The molecule has 2 aliphatic heterocycles. The van der Waals surface area contributed by atoms with Gasteiger partial charge in [0, 0.05) is 26.2 Å². The van der Waals surface area contributed by atoms with Crippen LogP contribution >= 0.6 is 0 Å². The maximum absolute atomic E-state index is 11.8. The van der Waals surface area contributed by atoms with E-state index in [0.29, 0.717) is 19.3 Å². The second kappa shape index (κ2) is 10.1. The summed E-state index contributed by atoms with van der Waals surface area (Å²) in [5.41, 5.74) is 0. The van der Waals surface area contributed by atoms with Crippen LogP contribution in [-0.2, 0) is 33.3 Å². The lowest BCUT2D eigenvalue weighted by molar-refractivity contribution is -0.216. The normalized spacial score (nSPS) is 32.7. The number of hydrogen-bond acceptors (Lipinski definition) is 7. The van der Waals surface area contributed by atoms with Crippen molar-refractivity contribution in [2.45, 2.75) is 101 Å². The van der Waals surface area contributed by atoms with Crippen LogP contribution in [0.2, 0.25) is 0 Å². The van der Waals surface area contributed by atoms with Gasteiger partial charge in [-0.15, -0.1) is 6.58 Å². The first-order chi connectivity index (χ1) is 14.7. The molecule has 0 bridgehead atoms. The molecule has 1 spiro atoms. The lowest BCUT2D eigenvalue weighted by Gasteiger charge is -2.44. The molecule has 3 aliphatic rings. The molecule has 0 unspecified atom stereocenters. The van der Waals surface area contributed by atoms with Crippen molar-refractivity contribution < 1.29 is 43.5 Å². The average Bonchev–Trinajstić information content (AvgIpc) is 3.05. The number of carboxylic acids is 2. The third-order valence-corrected chi connectivity index (χ3v) is 6.32. The van der Waals surface area contributed by atoms with Crippen LogP contribution in [0.25, 0.3) is 0 Å². The Morgan fingerprint density at radius 2 is 1.81 bits per heavy atom. The molecule has 174 valence electrons. The van der Waals surface area contributed by atoms with Gasteiger partial charge in [0.1, 0.15) is 18.3 Å². The second-order valence-corrected chi connectivity index (χ2v) is 8.66. The molecule has 0 amide bonds. The summed E-state index contributed by atoms with van der Waals surface area (Å²) in [5, 5.41) is 18.6. The van der Waals surface area contributed by atoms with Gasteiger partial charge in [-0.05, 0) is 31.6 Å². The molecule has 2 heterocycles. The Labute approximate surface area is 181 Å². The van der Waals surface area contributed by atoms with Gasteiger partial charge < -0.3 is 29.2 Å². The average molecular weight is 440 g/mol. The number of esters is 1. The largest absolute Gasteiger partial charge is 0.481 e. The third kappa shape index (κ3) is 5.64. The van der Waals surface area contributed by atoms with Crippen LogP contribution in [0, 0.1) is 5.92 Å². The Morgan fingerprint density at radius 3 is 2.39 bits per heavy atom. The van der Waals surface area contributed by atoms with Crippen molar-refractivity contribution in [3.05, 3.63) is 12.7 Å². The summed E-state index contributed by atoms with van der Waals surface area (Å²) in [5.74, 6) is -3.91. The van der Waals surface area contributed by atoms with E-state index in [4.69, 9.17) is 24.1 Å². The van der Waals surface area contributed by atoms with Gasteiger partial charge in [0.25, 0.3) is 0 Å². The van der Waals surface area contributed by atoms with Gasteiger partial charge in [0.05, 0.1) is 12.5 Å². The zero-order chi connectivity index (χ0) is 22.6. The Morgan fingerprint density at radius 1 is 1.13 bits per heavy atom. The SMILES string of the molecule is C=CC[C@@H]1O[C@@H]([C@H](CCC(=O)O)CC(=O)O)[C@H]2OC3(CCCCC3)O[C@H]2[C@H]1OC(C)=O. The molecule has 9 heteroatoms. The van der Waals surface area contributed by atoms with Crippen LogP contribution in [0.5, 0.6) is 0 Å². The first-order valence-electron chi connectivity index (χ1n) is 11.0. The van der Waals surface area contributed by atoms with Crippen molar-refractivity contribution >= 4 is 17.9 Å². The van der Waals surface area contributed by atoms with Crippen molar-refractivity contribution in [2.75, 3.05) is 0 Å². The van der Waals surface area contributed by atoms with Gasteiger partial charge in [-0.1, -0.05) is 12.5 Å². The maximum Gasteiger partial charge on any atom is 0.303 e. The second-order valence-electron chi connectivity index (χ2n) is 8.66. The van der Waals surface area contributed by atoms with E-state index in [0.717, 1.165) is 19.3 Å². The molecular formula is C22H32O9. The predicted molar refractivity (Wildman–Crippen MR) is 107 cm³/mol. The van der Waals surface area contributed by atoms with Gasteiger partial charge in [-0.25, -0.2) is 0 Å². The number of carbonyl (C=O) groups is 3. The summed E-state index contributed by atoms with van der Waals surface area (Å²) in [6.45, 7) is 5.07. The lowest BCUT2D eigenvalue weighted by atomic mass is 9.83. The smallest absolute Gasteiger partial charge is 0.303 e. The van der Waals surface area contributed by atoms with Crippen LogP contribution in [0.3, 0.4) is 0 Å². The van der Waals surface area contributed by atoms with E-state index in [1.807, 2.05) is 0 Å². The summed E-state index contributed by atoms with van der Waals surface area (Å²) < 4.78 is 24.7. The molecule has 6 atom stereocenters. The van der Waals surface area contributed by atoms with Crippen molar-refractivity contribution in [3.63, 3.8) is 0 Å². The number of hydrogen-bond donors (Lipinski definition) is 2. The van der Waals surface area contributed by atoms with E-state index in [9.17, 15) is 19.5 Å². The topological polar surface area (TPSA) is 129 Å². The van der Waals surface area contributed by atoms with Crippen molar-refractivity contribution in [1.29, 1.82) is 0 Å². The number of carbonyl (C=O) groups excluding carboxylic acids is 1. The Kier molecular flexibility index (Phi) is 7.72. The molecule has 0 radical (unpaired) electrons. The molecule has 31 heavy (non-hydrogen) atoms. The fourth-order valence-corrected chi connectivity index (χ4v) is 5.04. The van der Waals surface area contributed by atoms with Gasteiger partial charge >= 0.3 is 17.9 Å². The highest BCUT2D eigenvalue weighted by molar-refractivity contribution is 5.68. The minimum atomic E-state index is -1.04. The molecule has 2 N–H and O–H groups in total. The van der Waals surface area contributed by atoms with E-state index in [1.165, 1.54) is 6.92 Å². The van der Waals surface area contributed by atoms with Crippen molar-refractivity contribution in [2.24, 2.45) is 5.92 Å². The first-order valence-corrected chi connectivity index (χ1v) is 11.0. The summed E-state index contributed by atoms with van der Waals surface area (Å²) in [6, 6.07) is 0. The highest BCUT2D eigenvalue weighted by Gasteiger charge is 2.60. The summed E-state index contributed by atoms with van der Waals surface area (Å²) in [6.07, 6.45) is 2.80. The number of fused-ring (bicyclic) bond motifs is 1. The number of rotatable bonds is 9. The van der Waals surface area contributed by atoms with Crippen molar-refractivity contribution in [3.8, 4) is 0 Å². The quantitative estimate of drug-likeness (QED) is 0.411. The lowest BCUT2D eigenvalue weighted by Crippen LogP contribution is -2.59. The molecule has 3 fully saturated rings. The van der Waals surface area contributed by atoms with E-state index >= 15 is 0 Å². The van der Waals surface area contributed by atoms with E-state index in [2.05, 4.69) is 6.58 Å². The Balaban J connectivity index is 1.93. The van der Waals surface area contributed by atoms with E-state index in [1.54, 1.807) is 6.08 Å². The highest BCUT2D eigenvalue weighted by atomic mass is 16.8. The predicted octanol–water partition coefficient (Wildman–Crippen LogP) is 2.66. The molecule has 0 aromatic heterocycles. The van der Waals surface area contributed by atoms with Crippen molar-refractivity contribution in [1.82, 2.24) is 0 Å². The Bertz CT molecular complexity index is 684. The fourth-order valence-electron chi connectivity index (χ4n) is 5.04. The van der Waals surface area contributed by atoms with Crippen LogP contribution in [0.1, 0.15) is 64.7 Å². The number of aliphatic carboxylic acids is 2. The van der Waals surface area contributed by atoms with E-state index < -0.39 is 60.1 Å². The molecule has 1 aliphatic carbocycles. The summed E-state index contributed by atoms with van der Waals surface area (Å²) >= 11 is 0. The van der Waals surface area contributed by atoms with Crippen LogP contribution in [0.4, 0.5) is 0 Å². The zero-order valence-electron chi connectivity index (χ0n) is 17.9. The van der Waals surface area contributed by atoms with Gasteiger partial charge in [0.2, 0.25) is 0 Å². The first kappa shape index (κ1) is 23.7. The maximum atomic E-state index is 11.8.